The van der Waals surface area contributed by atoms with Gasteiger partial charge in [-0.05, 0) is 90.3 Å². The monoisotopic (exact) mass is 703 g/mol. The third-order valence-electron chi connectivity index (χ3n) is 10.9. The molecule has 13 heteroatoms. The van der Waals surface area contributed by atoms with E-state index in [9.17, 15) is 18.0 Å². The zero-order valence-electron chi connectivity index (χ0n) is 27.6. The molecule has 7 rings (SSSR count). The van der Waals surface area contributed by atoms with E-state index in [1.807, 2.05) is 25.1 Å². The second kappa shape index (κ2) is 12.6. The summed E-state index contributed by atoms with van der Waals surface area (Å²) in [6.07, 6.45) is 9.67. The van der Waals surface area contributed by atoms with Gasteiger partial charge >= 0.3 is 0 Å². The first-order valence-corrected chi connectivity index (χ1v) is 20.3. The molecule has 5 aliphatic rings. The lowest BCUT2D eigenvalue weighted by atomic mass is 9.71. The fraction of sp³-hybridized carbons (Fsp3) is 0.676. The molecule has 10 nitrogen and oxygen atoms in total. The molecule has 47 heavy (non-hydrogen) atoms. The smallest absolute Gasteiger partial charge is 0.257 e. The topological polar surface area (TPSA) is 123 Å². The summed E-state index contributed by atoms with van der Waals surface area (Å²) >= 11 is 8.25. The highest BCUT2D eigenvalue weighted by Crippen LogP contribution is 2.56. The van der Waals surface area contributed by atoms with Gasteiger partial charge in [-0.3, -0.25) is 23.8 Å². The number of carbonyl (C=O) groups excluding carboxylic acids is 1. The van der Waals surface area contributed by atoms with E-state index >= 15 is 0 Å². The highest BCUT2D eigenvalue weighted by Gasteiger charge is 2.56. The summed E-state index contributed by atoms with van der Waals surface area (Å²) in [6.45, 7) is 6.82. The predicted molar refractivity (Wildman–Crippen MR) is 185 cm³/mol. The lowest BCUT2D eigenvalue weighted by Crippen LogP contribution is -2.60. The van der Waals surface area contributed by atoms with Gasteiger partial charge in [-0.15, -0.1) is 0 Å². The molecule has 256 valence electrons. The maximum Gasteiger partial charge on any atom is 0.257 e. The van der Waals surface area contributed by atoms with Gasteiger partial charge in [0.1, 0.15) is 18.2 Å². The Bertz CT molecular complexity index is 1720. The second-order valence-corrected chi connectivity index (χ2v) is 18.2. The van der Waals surface area contributed by atoms with Gasteiger partial charge in [-0.1, -0.05) is 11.6 Å². The molecule has 2 aliphatic heterocycles. The maximum atomic E-state index is 13.9. The fourth-order valence-corrected chi connectivity index (χ4v) is 10.9. The zero-order chi connectivity index (χ0) is 33.2. The van der Waals surface area contributed by atoms with E-state index in [-0.39, 0.29) is 23.6 Å². The Labute approximate surface area is 286 Å². The largest absolute Gasteiger partial charge is 0.491 e. The normalized spacial score (nSPS) is 30.6. The Kier molecular flexibility index (Phi) is 8.98. The lowest BCUT2D eigenvalue weighted by molar-refractivity contribution is -0.123. The van der Waals surface area contributed by atoms with Crippen LogP contribution < -0.4 is 20.3 Å². The molecule has 2 N–H and O–H groups in total. The summed E-state index contributed by atoms with van der Waals surface area (Å²) < 4.78 is 33.8. The molecule has 3 aliphatic carbocycles. The van der Waals surface area contributed by atoms with Gasteiger partial charge in [0.25, 0.3) is 5.56 Å². The highest BCUT2D eigenvalue weighted by molar-refractivity contribution is 8.01. The number of thioether (sulfide) groups is 1. The lowest BCUT2D eigenvalue weighted by Gasteiger charge is -2.47. The van der Waals surface area contributed by atoms with E-state index in [4.69, 9.17) is 21.3 Å². The number of nitrogens with zero attached hydrogens (tertiary/aromatic N) is 3. The molecule has 2 saturated heterocycles. The van der Waals surface area contributed by atoms with Crippen LogP contribution in [0.3, 0.4) is 0 Å². The second-order valence-electron chi connectivity index (χ2n) is 14.6. The van der Waals surface area contributed by atoms with E-state index < -0.39 is 26.6 Å². The first-order valence-electron chi connectivity index (χ1n) is 17.0. The van der Waals surface area contributed by atoms with Crippen molar-refractivity contribution >= 4 is 39.3 Å². The van der Waals surface area contributed by atoms with Gasteiger partial charge in [-0.25, -0.2) is 13.4 Å². The molecule has 1 aromatic carbocycles. The van der Waals surface area contributed by atoms with Crippen molar-refractivity contribution < 1.29 is 17.9 Å². The van der Waals surface area contributed by atoms with Crippen LogP contribution in [0.5, 0.6) is 5.75 Å². The van der Waals surface area contributed by atoms with Crippen LogP contribution in [0.4, 0.5) is 0 Å². The summed E-state index contributed by atoms with van der Waals surface area (Å²) in [5.74, 6) is 0.945. The van der Waals surface area contributed by atoms with Gasteiger partial charge < -0.3 is 10.1 Å². The van der Waals surface area contributed by atoms with Gasteiger partial charge in [-0.2, -0.15) is 11.8 Å². The minimum Gasteiger partial charge on any atom is -0.491 e. The third kappa shape index (κ3) is 6.74. The number of ether oxygens (including phenoxy) is 1. The number of rotatable bonds is 10. The summed E-state index contributed by atoms with van der Waals surface area (Å²) in [6, 6.07) is 7.35. The number of aromatic nitrogens is 2. The molecular formula is C34H46ClN5O5S2. The van der Waals surface area contributed by atoms with Gasteiger partial charge in [0.2, 0.25) is 15.9 Å². The summed E-state index contributed by atoms with van der Waals surface area (Å²) in [4.78, 5) is 34.6. The Balaban J connectivity index is 1.09. The average molecular weight is 704 g/mol. The number of fused-ring (bicyclic) bond motifs is 2. The Morgan fingerprint density at radius 2 is 1.94 bits per heavy atom. The first kappa shape index (κ1) is 33.4. The number of amides is 1. The molecule has 2 aromatic rings. The van der Waals surface area contributed by atoms with Crippen molar-refractivity contribution in [3.05, 3.63) is 56.2 Å². The molecule has 3 heterocycles. The quantitative estimate of drug-likeness (QED) is 0.381. The number of hydrogen-bond donors (Lipinski definition) is 2. The number of aryl methyl sites for hydroxylation is 2. The highest BCUT2D eigenvalue weighted by atomic mass is 35.5. The van der Waals surface area contributed by atoms with Gasteiger partial charge in [0.05, 0.1) is 24.4 Å². The molecular weight excluding hydrogens is 658 g/mol. The SMILES string of the molecule is Cc1nc2c(c(=O)n1CCOc1ccc(Cl)cc1C1CC(C)NC3C(C(=O)NS(C)(=O)=O)CSC13C)C[C@@H](N(C1CC1)C1CC1)CC2. The van der Waals surface area contributed by atoms with Crippen molar-refractivity contribution in [2.24, 2.45) is 5.92 Å². The number of benzene rings is 1. The van der Waals surface area contributed by atoms with Crippen LogP contribution >= 0.6 is 23.4 Å². The molecule has 6 atom stereocenters. The number of sulfonamides is 1. The van der Waals surface area contributed by atoms with E-state index in [2.05, 4.69) is 28.8 Å². The van der Waals surface area contributed by atoms with E-state index in [1.165, 1.54) is 25.7 Å². The summed E-state index contributed by atoms with van der Waals surface area (Å²) in [5.41, 5.74) is 2.87. The Morgan fingerprint density at radius 1 is 1.21 bits per heavy atom. The number of carbonyl (C=O) groups is 1. The predicted octanol–water partition coefficient (Wildman–Crippen LogP) is 3.80. The minimum absolute atomic E-state index is 0.00818. The molecule has 1 aromatic heterocycles. The number of halogens is 1. The van der Waals surface area contributed by atoms with Gasteiger partial charge in [0.15, 0.2) is 0 Å². The number of hydrogen-bond acceptors (Lipinski definition) is 9. The number of nitrogens with one attached hydrogen (secondary N) is 2. The molecule has 0 spiro atoms. The van der Waals surface area contributed by atoms with Crippen LogP contribution in [0.15, 0.2) is 23.0 Å². The van der Waals surface area contributed by atoms with E-state index in [0.717, 1.165) is 54.6 Å². The van der Waals surface area contributed by atoms with Crippen molar-refractivity contribution in [1.82, 2.24) is 24.5 Å². The summed E-state index contributed by atoms with van der Waals surface area (Å²) in [5, 5.41) is 4.20. The molecule has 4 fully saturated rings. The first-order chi connectivity index (χ1) is 22.3. The fourth-order valence-electron chi connectivity index (χ4n) is 8.47. The van der Waals surface area contributed by atoms with E-state index in [0.29, 0.717) is 47.8 Å². The molecule has 1 amide bonds. The third-order valence-corrected chi connectivity index (χ3v) is 13.4. The molecule has 0 radical (unpaired) electrons. The summed E-state index contributed by atoms with van der Waals surface area (Å²) in [7, 11) is -3.67. The van der Waals surface area contributed by atoms with Crippen molar-refractivity contribution in [3.63, 3.8) is 0 Å². The average Bonchev–Trinajstić information content (AvgIpc) is 3.94. The van der Waals surface area contributed by atoms with Crippen LogP contribution in [0, 0.1) is 12.8 Å². The van der Waals surface area contributed by atoms with Crippen LogP contribution in [0.1, 0.15) is 80.9 Å². The Hall–Kier alpha value is -2.12. The molecule has 5 unspecified atom stereocenters. The minimum atomic E-state index is -3.67. The number of piperidine rings is 1. The van der Waals surface area contributed by atoms with Crippen LogP contribution in [0.2, 0.25) is 5.02 Å². The van der Waals surface area contributed by atoms with Gasteiger partial charge in [0, 0.05) is 62.8 Å². The standard InChI is InChI=1S/C34H46ClN5O5S2/c1-19-15-28(34(3)31(36-19)27(18-46-34)32(41)38-47(4,43)44)25-16-21(35)5-12-30(25)45-14-13-39-20(2)37-29-11-10-24(17-26(29)33(39)42)40(22-6-7-22)23-8-9-23/h5,12,16,19,22-24,27-28,31,36H,6-11,13-15,17-18H2,1-4H3,(H,38,41)/t19?,24-,27?,28?,31?,34?/m0/s1. The zero-order valence-corrected chi connectivity index (χ0v) is 30.0. The van der Waals surface area contributed by atoms with Crippen LogP contribution in [0.25, 0.3) is 0 Å². The van der Waals surface area contributed by atoms with Crippen molar-refractivity contribution in [2.75, 3.05) is 18.6 Å². The van der Waals surface area contributed by atoms with Crippen LogP contribution in [-0.4, -0.2) is 82.3 Å². The van der Waals surface area contributed by atoms with Crippen molar-refractivity contribution in [1.29, 1.82) is 0 Å². The molecule has 0 bridgehead atoms. The van der Waals surface area contributed by atoms with E-state index in [1.54, 1.807) is 16.3 Å². The molecule has 2 saturated carbocycles. The van der Waals surface area contributed by atoms with Crippen LogP contribution in [-0.2, 0) is 34.2 Å². The van der Waals surface area contributed by atoms with Crippen molar-refractivity contribution in [3.8, 4) is 5.75 Å². The van der Waals surface area contributed by atoms with Crippen molar-refractivity contribution in [2.45, 2.75) is 120 Å². The Morgan fingerprint density at radius 3 is 2.62 bits per heavy atom. The maximum absolute atomic E-state index is 13.9.